The maximum atomic E-state index is 13.1. The van der Waals surface area contributed by atoms with Crippen molar-refractivity contribution in [2.24, 2.45) is 0 Å². The number of benzene rings is 1. The van der Waals surface area contributed by atoms with Crippen molar-refractivity contribution in [2.75, 3.05) is 0 Å². The Balaban J connectivity index is 2.31. The first-order chi connectivity index (χ1) is 8.02. The molecule has 5 heteroatoms. The summed E-state index contributed by atoms with van der Waals surface area (Å²) in [5.74, 6) is 1.06. The van der Waals surface area contributed by atoms with Crippen LogP contribution in [0, 0.1) is 19.7 Å². The predicted octanol–water partition coefficient (Wildman–Crippen LogP) is 3.79. The molecular weight excluding hydrogens is 287 g/mol. The largest absolute Gasteiger partial charge is 0.439 e. The molecule has 3 nitrogen and oxygen atoms in total. The highest BCUT2D eigenvalue weighted by Gasteiger charge is 2.04. The normalized spacial score (nSPS) is 10.4. The van der Waals surface area contributed by atoms with E-state index in [0.29, 0.717) is 21.9 Å². The van der Waals surface area contributed by atoms with Crippen molar-refractivity contribution in [3.05, 3.63) is 46.1 Å². The zero-order chi connectivity index (χ0) is 12.4. The molecule has 0 atom stereocenters. The van der Waals surface area contributed by atoms with Crippen LogP contribution in [-0.2, 0) is 0 Å². The second-order valence-electron chi connectivity index (χ2n) is 3.60. The predicted molar refractivity (Wildman–Crippen MR) is 65.7 cm³/mol. The molecule has 17 heavy (non-hydrogen) atoms. The number of ether oxygens (including phenoxy) is 1. The smallest absolute Gasteiger partial charge is 0.222 e. The van der Waals surface area contributed by atoms with Crippen molar-refractivity contribution < 1.29 is 9.13 Å². The number of aromatic nitrogens is 2. The second-order valence-corrected chi connectivity index (χ2v) is 4.52. The number of halogens is 2. The van der Waals surface area contributed by atoms with Crippen molar-refractivity contribution >= 4 is 15.9 Å². The van der Waals surface area contributed by atoms with Crippen LogP contribution in [-0.4, -0.2) is 9.97 Å². The van der Waals surface area contributed by atoms with Crippen LogP contribution in [0.25, 0.3) is 0 Å². The summed E-state index contributed by atoms with van der Waals surface area (Å²) in [4.78, 5) is 8.25. The number of hydrogen-bond donors (Lipinski definition) is 0. The topological polar surface area (TPSA) is 35.0 Å². The summed E-state index contributed by atoms with van der Waals surface area (Å²) in [5, 5.41) is 0. The van der Waals surface area contributed by atoms with E-state index in [4.69, 9.17) is 4.74 Å². The first-order valence-electron chi connectivity index (χ1n) is 4.99. The number of hydrogen-bond acceptors (Lipinski definition) is 3. The highest BCUT2D eigenvalue weighted by molar-refractivity contribution is 9.10. The van der Waals surface area contributed by atoms with Crippen LogP contribution in [0.4, 0.5) is 4.39 Å². The Morgan fingerprint density at radius 2 is 1.88 bits per heavy atom. The van der Waals surface area contributed by atoms with Crippen molar-refractivity contribution in [1.82, 2.24) is 9.97 Å². The average Bonchev–Trinajstić information content (AvgIpc) is 2.13. The Hall–Kier alpha value is -1.49. The molecule has 1 aromatic heterocycles. The molecule has 0 saturated heterocycles. The molecule has 0 N–H and O–H groups in total. The third kappa shape index (κ3) is 3.23. The van der Waals surface area contributed by atoms with E-state index in [0.717, 1.165) is 5.69 Å². The summed E-state index contributed by atoms with van der Waals surface area (Å²) >= 11 is 3.20. The summed E-state index contributed by atoms with van der Waals surface area (Å²) in [5.41, 5.74) is 0.808. The van der Waals surface area contributed by atoms with E-state index in [1.54, 1.807) is 19.1 Å². The van der Waals surface area contributed by atoms with E-state index < -0.39 is 0 Å². The molecule has 0 aliphatic heterocycles. The second kappa shape index (κ2) is 4.79. The van der Waals surface area contributed by atoms with Gasteiger partial charge in [0.25, 0.3) is 0 Å². The van der Waals surface area contributed by atoms with Crippen LogP contribution in [0.5, 0.6) is 11.6 Å². The van der Waals surface area contributed by atoms with E-state index in [-0.39, 0.29) is 5.82 Å². The van der Waals surface area contributed by atoms with E-state index >= 15 is 0 Å². The minimum absolute atomic E-state index is 0.364. The first-order valence-corrected chi connectivity index (χ1v) is 5.78. The van der Waals surface area contributed by atoms with Crippen LogP contribution in [0.2, 0.25) is 0 Å². The highest BCUT2D eigenvalue weighted by atomic mass is 79.9. The molecule has 1 aromatic carbocycles. The maximum Gasteiger partial charge on any atom is 0.222 e. The fraction of sp³-hybridized carbons (Fsp3) is 0.167. The van der Waals surface area contributed by atoms with E-state index in [1.165, 1.54) is 12.1 Å². The van der Waals surface area contributed by atoms with Gasteiger partial charge in [0, 0.05) is 22.3 Å². The van der Waals surface area contributed by atoms with Crippen LogP contribution in [0.3, 0.4) is 0 Å². The third-order valence-corrected chi connectivity index (χ3v) is 2.46. The molecule has 2 rings (SSSR count). The number of aryl methyl sites for hydroxylation is 2. The van der Waals surface area contributed by atoms with Gasteiger partial charge in [0.05, 0.1) is 0 Å². The highest BCUT2D eigenvalue weighted by Crippen LogP contribution is 2.25. The average molecular weight is 297 g/mol. The summed E-state index contributed by atoms with van der Waals surface area (Å²) in [6, 6.07) is 6.04. The van der Waals surface area contributed by atoms with E-state index in [9.17, 15) is 4.39 Å². The van der Waals surface area contributed by atoms with Gasteiger partial charge in [-0.2, -0.15) is 4.98 Å². The lowest BCUT2D eigenvalue weighted by Gasteiger charge is -2.06. The third-order valence-electron chi connectivity index (χ3n) is 2.00. The fourth-order valence-corrected chi connectivity index (χ4v) is 1.89. The molecule has 0 aliphatic rings. The van der Waals surface area contributed by atoms with Crippen molar-refractivity contribution in [2.45, 2.75) is 13.8 Å². The van der Waals surface area contributed by atoms with E-state index in [2.05, 4.69) is 25.9 Å². The Bertz CT molecular complexity index is 470. The van der Waals surface area contributed by atoms with Gasteiger partial charge in [-0.1, -0.05) is 15.9 Å². The molecule has 0 radical (unpaired) electrons. The summed E-state index contributed by atoms with van der Waals surface area (Å²) in [6.45, 7) is 3.63. The lowest BCUT2D eigenvalue weighted by molar-refractivity contribution is 0.454. The molecule has 1 heterocycles. The van der Waals surface area contributed by atoms with Gasteiger partial charge >= 0.3 is 0 Å². The first kappa shape index (κ1) is 12.0. The summed E-state index contributed by atoms with van der Waals surface area (Å²) in [6.07, 6.45) is 0. The zero-order valence-electron chi connectivity index (χ0n) is 9.37. The van der Waals surface area contributed by atoms with E-state index in [1.807, 2.05) is 6.92 Å². The van der Waals surface area contributed by atoms with Crippen LogP contribution in [0.1, 0.15) is 11.5 Å². The van der Waals surface area contributed by atoms with Gasteiger partial charge < -0.3 is 4.74 Å². The van der Waals surface area contributed by atoms with Gasteiger partial charge in [0.2, 0.25) is 5.88 Å². The monoisotopic (exact) mass is 296 g/mol. The van der Waals surface area contributed by atoms with Gasteiger partial charge in [0.1, 0.15) is 17.4 Å². The molecule has 0 spiro atoms. The van der Waals surface area contributed by atoms with Crippen LogP contribution in [0.15, 0.2) is 28.7 Å². The molecular formula is C12H10BrFN2O. The number of nitrogens with zero attached hydrogens (tertiary/aromatic N) is 2. The fourth-order valence-electron chi connectivity index (χ4n) is 1.44. The molecule has 0 unspecified atom stereocenters. The number of rotatable bonds is 2. The standard InChI is InChI=1S/C12H10BrFN2O/c1-7-3-12(16-8(2)15-7)17-11-5-9(13)4-10(14)6-11/h3-6H,1-2H3. The van der Waals surface area contributed by atoms with Crippen molar-refractivity contribution in [3.8, 4) is 11.6 Å². The Morgan fingerprint density at radius 3 is 2.53 bits per heavy atom. The van der Waals surface area contributed by atoms with Crippen molar-refractivity contribution in [1.29, 1.82) is 0 Å². The maximum absolute atomic E-state index is 13.1. The Labute approximate surface area is 107 Å². The molecule has 88 valence electrons. The molecule has 2 aromatic rings. The SMILES string of the molecule is Cc1cc(Oc2cc(F)cc(Br)c2)nc(C)n1. The van der Waals surface area contributed by atoms with Crippen LogP contribution >= 0.6 is 15.9 Å². The minimum Gasteiger partial charge on any atom is -0.439 e. The molecule has 0 bridgehead atoms. The minimum atomic E-state index is -0.364. The lowest BCUT2D eigenvalue weighted by atomic mass is 10.3. The molecule has 0 amide bonds. The molecule has 0 aliphatic carbocycles. The Morgan fingerprint density at radius 1 is 1.12 bits per heavy atom. The van der Waals surface area contributed by atoms with Gasteiger partial charge in [-0.3, -0.25) is 0 Å². The van der Waals surface area contributed by atoms with Crippen molar-refractivity contribution in [3.63, 3.8) is 0 Å². The van der Waals surface area contributed by atoms with Gasteiger partial charge in [-0.25, -0.2) is 9.37 Å². The summed E-state index contributed by atoms with van der Waals surface area (Å²) in [7, 11) is 0. The Kier molecular flexibility index (Phi) is 3.38. The lowest BCUT2D eigenvalue weighted by Crippen LogP contribution is -1.95. The molecule has 0 saturated carbocycles. The van der Waals surface area contributed by atoms with Gasteiger partial charge in [-0.15, -0.1) is 0 Å². The van der Waals surface area contributed by atoms with Crippen LogP contribution < -0.4 is 4.74 Å². The quantitative estimate of drug-likeness (QED) is 0.846. The van der Waals surface area contributed by atoms with Gasteiger partial charge in [-0.05, 0) is 26.0 Å². The zero-order valence-corrected chi connectivity index (χ0v) is 11.0. The van der Waals surface area contributed by atoms with Gasteiger partial charge in [0.15, 0.2) is 0 Å². The summed E-state index contributed by atoms with van der Waals surface area (Å²) < 4.78 is 19.2. The molecule has 0 fully saturated rings.